The Morgan fingerprint density at radius 1 is 1.00 bits per heavy atom. The lowest BCUT2D eigenvalue weighted by Gasteiger charge is -2.11. The van der Waals surface area contributed by atoms with Gasteiger partial charge < -0.3 is 10.1 Å². The first-order valence-electron chi connectivity index (χ1n) is 11.3. The van der Waals surface area contributed by atoms with Crippen LogP contribution in [0.4, 0.5) is 4.39 Å². The molecule has 5 aromatic rings. The molecule has 0 aliphatic rings. The minimum atomic E-state index is -4.12. The van der Waals surface area contributed by atoms with Crippen molar-refractivity contribution < 1.29 is 17.5 Å². The van der Waals surface area contributed by atoms with E-state index < -0.39 is 15.7 Å². The summed E-state index contributed by atoms with van der Waals surface area (Å²) in [5.74, 6) is -0.396. The summed E-state index contributed by atoms with van der Waals surface area (Å²) >= 11 is 6.17. The number of benzene rings is 4. The highest BCUT2D eigenvalue weighted by Crippen LogP contribution is 2.36. The second-order valence-electron chi connectivity index (χ2n) is 8.33. The van der Waals surface area contributed by atoms with E-state index >= 15 is 0 Å². The number of hydrogen-bond acceptors (Lipinski definition) is 5. The average Bonchev–Trinajstić information content (AvgIpc) is 3.22. The van der Waals surface area contributed by atoms with Crippen LogP contribution in [0.1, 0.15) is 5.56 Å². The number of sulfone groups is 1. The first kappa shape index (κ1) is 24.2. The molecule has 1 N–H and O–H groups in total. The summed E-state index contributed by atoms with van der Waals surface area (Å²) in [5, 5.41) is 9.32. The largest absolute Gasteiger partial charge is 0.490 e. The third-order valence-corrected chi connectivity index (χ3v) is 7.85. The van der Waals surface area contributed by atoms with E-state index in [4.69, 9.17) is 16.3 Å². The maximum absolute atomic E-state index is 14.8. The molecule has 0 fully saturated rings. The van der Waals surface area contributed by atoms with Crippen molar-refractivity contribution in [3.05, 3.63) is 95.3 Å². The molecule has 0 unspecified atom stereocenters. The topological polar surface area (TPSA) is 73.2 Å². The molecule has 1 aromatic heterocycles. The quantitative estimate of drug-likeness (QED) is 0.273. The Kier molecular flexibility index (Phi) is 6.66. The van der Waals surface area contributed by atoms with Crippen molar-refractivity contribution in [2.24, 2.45) is 0 Å². The summed E-state index contributed by atoms with van der Waals surface area (Å²) in [7, 11) is -2.34. The number of nitrogens with zero attached hydrogens (tertiary/aromatic N) is 2. The molecule has 5 rings (SSSR count). The van der Waals surface area contributed by atoms with E-state index in [1.807, 2.05) is 24.3 Å². The van der Waals surface area contributed by atoms with Crippen molar-refractivity contribution in [1.29, 1.82) is 0 Å². The molecule has 0 aliphatic carbocycles. The summed E-state index contributed by atoms with van der Waals surface area (Å²) in [5.41, 5.74) is 1.21. The minimum absolute atomic E-state index is 0.108. The van der Waals surface area contributed by atoms with Gasteiger partial charge in [0, 0.05) is 28.4 Å². The van der Waals surface area contributed by atoms with Gasteiger partial charge in [-0.3, -0.25) is 4.68 Å². The van der Waals surface area contributed by atoms with E-state index in [9.17, 15) is 12.8 Å². The van der Waals surface area contributed by atoms with E-state index in [1.54, 1.807) is 49.5 Å². The monoisotopic (exact) mass is 523 g/mol. The van der Waals surface area contributed by atoms with E-state index in [2.05, 4.69) is 10.4 Å². The van der Waals surface area contributed by atoms with Crippen LogP contribution < -0.4 is 10.1 Å². The van der Waals surface area contributed by atoms with E-state index in [1.165, 1.54) is 16.8 Å². The molecule has 0 spiro atoms. The number of halogens is 2. The van der Waals surface area contributed by atoms with Crippen molar-refractivity contribution in [3.63, 3.8) is 0 Å². The fraction of sp³-hybridized carbons (Fsp3) is 0.148. The van der Waals surface area contributed by atoms with Gasteiger partial charge in [-0.25, -0.2) is 12.8 Å². The highest BCUT2D eigenvalue weighted by molar-refractivity contribution is 7.91. The van der Waals surface area contributed by atoms with Crippen molar-refractivity contribution in [2.45, 2.75) is 16.5 Å². The van der Waals surface area contributed by atoms with Crippen LogP contribution in [0, 0.1) is 5.82 Å². The van der Waals surface area contributed by atoms with Gasteiger partial charge in [-0.15, -0.1) is 0 Å². The predicted molar refractivity (Wildman–Crippen MR) is 139 cm³/mol. The maximum Gasteiger partial charge on any atom is 0.226 e. The number of likely N-dealkylation sites (N-methyl/N-ethyl adjacent to an activating group) is 1. The standard InChI is InChI=1S/C27H23ClFN3O3S/c1-30-12-13-35-24-16-21(29)15-23-26(24)32(17-18-6-4-9-20(28)14-18)31-27(23)36(33,34)25-11-5-8-19-7-2-3-10-22(19)25/h2-11,14-16,30H,12-13,17H2,1H3. The summed E-state index contributed by atoms with van der Waals surface area (Å²) in [6.07, 6.45) is 0. The first-order valence-corrected chi connectivity index (χ1v) is 13.2. The molecule has 0 saturated carbocycles. The number of nitrogens with one attached hydrogen (secondary N) is 1. The molecule has 1 heterocycles. The normalized spacial score (nSPS) is 11.9. The van der Waals surface area contributed by atoms with Crippen molar-refractivity contribution in [2.75, 3.05) is 20.2 Å². The van der Waals surface area contributed by atoms with Gasteiger partial charge in [-0.1, -0.05) is 60.1 Å². The molecule has 0 saturated heterocycles. The van der Waals surface area contributed by atoms with Gasteiger partial charge in [0.15, 0.2) is 5.03 Å². The Bertz CT molecular complexity index is 1680. The van der Waals surface area contributed by atoms with Gasteiger partial charge in [-0.2, -0.15) is 5.10 Å². The number of rotatable bonds is 8. The lowest BCUT2D eigenvalue weighted by atomic mass is 10.1. The lowest BCUT2D eigenvalue weighted by molar-refractivity contribution is 0.319. The maximum atomic E-state index is 14.8. The van der Waals surface area contributed by atoms with Crippen LogP contribution in [0.2, 0.25) is 5.02 Å². The third kappa shape index (κ3) is 4.55. The van der Waals surface area contributed by atoms with Crippen LogP contribution in [0.5, 0.6) is 5.75 Å². The Hall–Kier alpha value is -3.46. The zero-order valence-corrected chi connectivity index (χ0v) is 21.0. The number of aromatic nitrogens is 2. The molecular weight excluding hydrogens is 501 g/mol. The van der Waals surface area contributed by atoms with E-state index in [-0.39, 0.29) is 34.2 Å². The number of fused-ring (bicyclic) bond motifs is 2. The molecule has 36 heavy (non-hydrogen) atoms. The van der Waals surface area contributed by atoms with E-state index in [0.717, 1.165) is 10.9 Å². The molecule has 4 aromatic carbocycles. The number of ether oxygens (including phenoxy) is 1. The minimum Gasteiger partial charge on any atom is -0.490 e. The van der Waals surface area contributed by atoms with Crippen LogP contribution in [-0.4, -0.2) is 38.4 Å². The summed E-state index contributed by atoms with van der Waals surface area (Å²) < 4.78 is 50.2. The highest BCUT2D eigenvalue weighted by Gasteiger charge is 2.29. The van der Waals surface area contributed by atoms with Crippen LogP contribution in [0.15, 0.2) is 88.8 Å². The van der Waals surface area contributed by atoms with Gasteiger partial charge in [0.2, 0.25) is 9.84 Å². The SMILES string of the molecule is CNCCOc1cc(F)cc2c(S(=O)(=O)c3cccc4ccccc34)nn(Cc3cccc(Cl)c3)c12. The highest BCUT2D eigenvalue weighted by atomic mass is 35.5. The van der Waals surface area contributed by atoms with Crippen LogP contribution in [-0.2, 0) is 16.4 Å². The Balaban J connectivity index is 1.75. The fourth-order valence-electron chi connectivity index (χ4n) is 4.25. The van der Waals surface area contributed by atoms with Crippen LogP contribution >= 0.6 is 11.6 Å². The second kappa shape index (κ2) is 9.89. The molecule has 0 aliphatic heterocycles. The predicted octanol–water partition coefficient (Wildman–Crippen LogP) is 5.46. The fourth-order valence-corrected chi connectivity index (χ4v) is 6.05. The summed E-state index contributed by atoms with van der Waals surface area (Å²) in [6.45, 7) is 1.01. The molecular formula is C27H23ClFN3O3S. The molecule has 0 atom stereocenters. The molecule has 0 amide bonds. The van der Waals surface area contributed by atoms with Gasteiger partial charge in [0.05, 0.1) is 11.4 Å². The van der Waals surface area contributed by atoms with Crippen molar-refractivity contribution in [1.82, 2.24) is 15.1 Å². The van der Waals surface area contributed by atoms with Gasteiger partial charge in [0.25, 0.3) is 0 Å². The second-order valence-corrected chi connectivity index (χ2v) is 10.6. The molecule has 0 radical (unpaired) electrons. The molecule has 184 valence electrons. The van der Waals surface area contributed by atoms with Crippen LogP contribution in [0.25, 0.3) is 21.7 Å². The zero-order chi connectivity index (χ0) is 25.3. The Labute approximate surface area is 213 Å². The molecule has 0 bridgehead atoms. The third-order valence-electron chi connectivity index (χ3n) is 5.86. The summed E-state index contributed by atoms with van der Waals surface area (Å²) in [6, 6.07) is 21.9. The van der Waals surface area contributed by atoms with Crippen molar-refractivity contribution in [3.8, 4) is 5.75 Å². The Morgan fingerprint density at radius 3 is 2.58 bits per heavy atom. The van der Waals surface area contributed by atoms with Crippen molar-refractivity contribution >= 4 is 43.1 Å². The van der Waals surface area contributed by atoms with Gasteiger partial charge >= 0.3 is 0 Å². The average molecular weight is 524 g/mol. The van der Waals surface area contributed by atoms with Gasteiger partial charge in [-0.05, 0) is 42.3 Å². The zero-order valence-electron chi connectivity index (χ0n) is 19.4. The van der Waals surface area contributed by atoms with Crippen LogP contribution in [0.3, 0.4) is 0 Å². The summed E-state index contributed by atoms with van der Waals surface area (Å²) in [4.78, 5) is 0.108. The van der Waals surface area contributed by atoms with Gasteiger partial charge in [0.1, 0.15) is 23.7 Å². The smallest absolute Gasteiger partial charge is 0.226 e. The molecule has 9 heteroatoms. The Morgan fingerprint density at radius 2 is 1.78 bits per heavy atom. The molecule has 6 nitrogen and oxygen atoms in total. The first-order chi connectivity index (χ1) is 17.4. The number of hydrogen-bond donors (Lipinski definition) is 1. The lowest BCUT2D eigenvalue weighted by Crippen LogP contribution is -2.16. The van der Waals surface area contributed by atoms with E-state index in [0.29, 0.717) is 22.5 Å².